The molecule has 10 nitrogen and oxygen atoms in total. The Morgan fingerprint density at radius 3 is 1.67 bits per heavy atom. The third-order valence-corrected chi connectivity index (χ3v) is 8.94. The minimum absolute atomic E-state index is 0.178. The first kappa shape index (κ1) is 47.7. The van der Waals surface area contributed by atoms with Crippen molar-refractivity contribution in [1.82, 2.24) is 0 Å². The van der Waals surface area contributed by atoms with Crippen molar-refractivity contribution in [2.45, 2.75) is 185 Å². The van der Waals surface area contributed by atoms with Gasteiger partial charge in [0.2, 0.25) is 0 Å². The summed E-state index contributed by atoms with van der Waals surface area (Å²) < 4.78 is 22.0. The predicted molar refractivity (Wildman–Crippen MR) is 205 cm³/mol. The van der Waals surface area contributed by atoms with Gasteiger partial charge < -0.3 is 39.4 Å². The van der Waals surface area contributed by atoms with Crippen LogP contribution < -0.4 is 0 Å². The Morgan fingerprint density at radius 2 is 1.08 bits per heavy atom. The number of hydrogen-bond acceptors (Lipinski definition) is 10. The molecule has 1 aliphatic heterocycles. The van der Waals surface area contributed by atoms with Gasteiger partial charge in [0.1, 0.15) is 31.0 Å². The third kappa shape index (κ3) is 24.8. The fourth-order valence-electron chi connectivity index (χ4n) is 5.66. The highest BCUT2D eigenvalue weighted by Crippen LogP contribution is 2.22. The third-order valence-electron chi connectivity index (χ3n) is 8.94. The first-order chi connectivity index (χ1) is 25.3. The standard InChI is InChI=1S/C42H72O10/c1-3-5-7-9-11-13-15-17-18-19-21-23-25-27-29-31-38(45)51-35(34-50-42-41(48)40(47)39(46)36(32-43)52-42)33-49-37(44)30-28-26-24-22-20-16-14-12-10-8-6-4-2/h11-14,17-18,21,23,35-36,39-43,46-48H,3-10,15-16,19-20,22,24-34H2,1-2H3/b13-11+,14-12+,18-17+,23-21+/t35-,36-,39+,40?,41?,42-/m1/s1. The van der Waals surface area contributed by atoms with E-state index >= 15 is 0 Å². The van der Waals surface area contributed by atoms with Gasteiger partial charge in [-0.3, -0.25) is 9.59 Å². The van der Waals surface area contributed by atoms with Gasteiger partial charge in [-0.05, 0) is 77.0 Å². The molecule has 1 rings (SSSR count). The second kappa shape index (κ2) is 33.2. The number of esters is 2. The quantitative estimate of drug-likeness (QED) is 0.0307. The summed E-state index contributed by atoms with van der Waals surface area (Å²) >= 11 is 0. The Kier molecular flexibility index (Phi) is 30.5. The predicted octanol–water partition coefficient (Wildman–Crippen LogP) is 7.71. The molecule has 0 aromatic heterocycles. The lowest BCUT2D eigenvalue weighted by Crippen LogP contribution is -2.59. The molecule has 2 unspecified atom stereocenters. The number of ether oxygens (including phenoxy) is 4. The molecule has 0 spiro atoms. The van der Waals surface area contributed by atoms with Gasteiger partial charge >= 0.3 is 11.9 Å². The molecule has 0 aromatic rings. The maximum atomic E-state index is 12.7. The van der Waals surface area contributed by atoms with Crippen LogP contribution in [-0.2, 0) is 28.5 Å². The molecular weight excluding hydrogens is 664 g/mol. The van der Waals surface area contributed by atoms with E-state index in [1.54, 1.807) is 0 Å². The minimum atomic E-state index is -1.60. The zero-order valence-electron chi connectivity index (χ0n) is 32.3. The van der Waals surface area contributed by atoms with Gasteiger partial charge in [-0.2, -0.15) is 0 Å². The van der Waals surface area contributed by atoms with Gasteiger partial charge in [-0.15, -0.1) is 0 Å². The molecule has 52 heavy (non-hydrogen) atoms. The SMILES string of the molecule is CCCCC/C=C/C/C=C/C/C=C/CCCCC(=O)O[C@H](COC(=O)CCCCCCC/C=C/CCCCC)CO[C@@H]1O[C@H](CO)[C@H](O)C(O)C1O. The number of allylic oxidation sites excluding steroid dienone is 8. The summed E-state index contributed by atoms with van der Waals surface area (Å²) in [5.41, 5.74) is 0. The second-order valence-corrected chi connectivity index (χ2v) is 13.7. The van der Waals surface area contributed by atoms with Crippen molar-refractivity contribution >= 4 is 11.9 Å². The van der Waals surface area contributed by atoms with Crippen molar-refractivity contribution < 1.29 is 49.0 Å². The smallest absolute Gasteiger partial charge is 0.306 e. The van der Waals surface area contributed by atoms with Crippen molar-refractivity contribution in [2.24, 2.45) is 0 Å². The summed E-state index contributed by atoms with van der Waals surface area (Å²) in [6.45, 7) is 3.29. The highest BCUT2D eigenvalue weighted by Gasteiger charge is 2.44. The number of carbonyl (C=O) groups excluding carboxylic acids is 2. The summed E-state index contributed by atoms with van der Waals surface area (Å²) in [6, 6.07) is 0. The lowest BCUT2D eigenvalue weighted by molar-refractivity contribution is -0.305. The maximum absolute atomic E-state index is 12.7. The van der Waals surface area contributed by atoms with Gasteiger partial charge in [0.05, 0.1) is 13.2 Å². The molecule has 0 aliphatic carbocycles. The van der Waals surface area contributed by atoms with Crippen molar-refractivity contribution in [1.29, 1.82) is 0 Å². The summed E-state index contributed by atoms with van der Waals surface area (Å²) in [7, 11) is 0. The molecule has 6 atom stereocenters. The van der Waals surface area contributed by atoms with Crippen LogP contribution in [0.2, 0.25) is 0 Å². The first-order valence-corrected chi connectivity index (χ1v) is 20.2. The van der Waals surface area contributed by atoms with E-state index in [0.717, 1.165) is 70.6 Å². The maximum Gasteiger partial charge on any atom is 0.306 e. The number of aliphatic hydroxyl groups excluding tert-OH is 4. The van der Waals surface area contributed by atoms with Crippen molar-refractivity contribution in [2.75, 3.05) is 19.8 Å². The monoisotopic (exact) mass is 737 g/mol. The highest BCUT2D eigenvalue weighted by molar-refractivity contribution is 5.70. The zero-order valence-corrected chi connectivity index (χ0v) is 32.3. The molecule has 0 radical (unpaired) electrons. The number of rotatable bonds is 32. The van der Waals surface area contributed by atoms with E-state index in [-0.39, 0.29) is 26.1 Å². The summed E-state index contributed by atoms with van der Waals surface area (Å²) in [4.78, 5) is 25.2. The van der Waals surface area contributed by atoms with E-state index in [2.05, 4.69) is 62.5 Å². The van der Waals surface area contributed by atoms with Crippen molar-refractivity contribution in [3.63, 3.8) is 0 Å². The van der Waals surface area contributed by atoms with E-state index in [9.17, 15) is 30.0 Å². The van der Waals surface area contributed by atoms with Gasteiger partial charge in [0.15, 0.2) is 12.4 Å². The summed E-state index contributed by atoms with van der Waals surface area (Å²) in [5, 5.41) is 39.9. The molecule has 0 bridgehead atoms. The lowest BCUT2D eigenvalue weighted by Gasteiger charge is -2.39. The Morgan fingerprint density at radius 1 is 0.596 bits per heavy atom. The van der Waals surface area contributed by atoms with E-state index in [1.165, 1.54) is 38.5 Å². The Balaban J connectivity index is 2.43. The van der Waals surface area contributed by atoms with Crippen LogP contribution in [0.15, 0.2) is 48.6 Å². The van der Waals surface area contributed by atoms with E-state index in [0.29, 0.717) is 12.8 Å². The molecule has 1 saturated heterocycles. The van der Waals surface area contributed by atoms with Gasteiger partial charge in [-0.25, -0.2) is 0 Å². The Hall–Kier alpha value is -2.34. The molecule has 1 aliphatic rings. The fourth-order valence-corrected chi connectivity index (χ4v) is 5.66. The number of hydrogen-bond donors (Lipinski definition) is 4. The average Bonchev–Trinajstić information content (AvgIpc) is 3.14. The summed E-state index contributed by atoms with van der Waals surface area (Å²) in [5.74, 6) is -0.867. The topological polar surface area (TPSA) is 152 Å². The Labute approximate surface area is 314 Å². The van der Waals surface area contributed by atoms with E-state index < -0.39 is 55.4 Å². The first-order valence-electron chi connectivity index (χ1n) is 20.2. The van der Waals surface area contributed by atoms with Crippen LogP contribution in [0.1, 0.15) is 149 Å². The van der Waals surface area contributed by atoms with Crippen molar-refractivity contribution in [3.8, 4) is 0 Å². The molecule has 1 heterocycles. The van der Waals surface area contributed by atoms with Gasteiger partial charge in [0.25, 0.3) is 0 Å². The molecular formula is C42H72O10. The van der Waals surface area contributed by atoms with Crippen LogP contribution in [-0.4, -0.2) is 89.0 Å². The normalized spacial score (nSPS) is 21.5. The highest BCUT2D eigenvalue weighted by atomic mass is 16.7. The van der Waals surface area contributed by atoms with Crippen LogP contribution in [0.3, 0.4) is 0 Å². The lowest BCUT2D eigenvalue weighted by atomic mass is 9.99. The molecule has 10 heteroatoms. The molecule has 0 aromatic carbocycles. The van der Waals surface area contributed by atoms with Crippen molar-refractivity contribution in [3.05, 3.63) is 48.6 Å². The average molecular weight is 737 g/mol. The molecule has 4 N–H and O–H groups in total. The number of aliphatic hydroxyl groups is 4. The molecule has 0 saturated carbocycles. The zero-order chi connectivity index (χ0) is 38.1. The Bertz CT molecular complexity index is 991. The van der Waals surface area contributed by atoms with Gasteiger partial charge in [-0.1, -0.05) is 107 Å². The molecule has 300 valence electrons. The number of unbranched alkanes of at least 4 members (excludes halogenated alkanes) is 13. The second-order valence-electron chi connectivity index (χ2n) is 13.7. The minimum Gasteiger partial charge on any atom is -0.462 e. The number of carbonyl (C=O) groups is 2. The fraction of sp³-hybridized carbons (Fsp3) is 0.762. The van der Waals surface area contributed by atoms with Gasteiger partial charge in [0, 0.05) is 12.8 Å². The van der Waals surface area contributed by atoms with E-state index in [4.69, 9.17) is 18.9 Å². The molecule has 0 amide bonds. The van der Waals surface area contributed by atoms with E-state index in [1.807, 2.05) is 0 Å². The van der Waals surface area contributed by atoms with Crippen LogP contribution in [0.4, 0.5) is 0 Å². The van der Waals surface area contributed by atoms with Crippen LogP contribution in [0.25, 0.3) is 0 Å². The van der Waals surface area contributed by atoms with Crippen LogP contribution >= 0.6 is 0 Å². The van der Waals surface area contributed by atoms with Crippen LogP contribution in [0.5, 0.6) is 0 Å². The van der Waals surface area contributed by atoms with Crippen LogP contribution in [0, 0.1) is 0 Å². The largest absolute Gasteiger partial charge is 0.462 e. The summed E-state index contributed by atoms with van der Waals surface area (Å²) in [6.07, 6.45) is 29.8. The molecule has 1 fully saturated rings.